The highest BCUT2D eigenvalue weighted by atomic mass is 19.4. The van der Waals surface area contributed by atoms with Gasteiger partial charge in [0.25, 0.3) is 0 Å². The molecule has 1 fully saturated rings. The summed E-state index contributed by atoms with van der Waals surface area (Å²) in [6, 6.07) is 2.72. The first-order valence-electron chi connectivity index (χ1n) is 6.69. The highest BCUT2D eigenvalue weighted by Gasteiger charge is 2.34. The first-order chi connectivity index (χ1) is 9.91. The molecule has 0 atom stereocenters. The summed E-state index contributed by atoms with van der Waals surface area (Å²) in [5.41, 5.74) is 0.839. The molecular formula is C14H15F3N4. The van der Waals surface area contributed by atoms with Gasteiger partial charge in [0, 0.05) is 43.6 Å². The van der Waals surface area contributed by atoms with Crippen LogP contribution in [0.5, 0.6) is 0 Å². The third-order valence-electron chi connectivity index (χ3n) is 3.56. The van der Waals surface area contributed by atoms with Crippen molar-refractivity contribution in [1.29, 1.82) is 0 Å². The topological polar surface area (TPSA) is 34.0 Å². The third-order valence-corrected chi connectivity index (χ3v) is 3.56. The predicted molar refractivity (Wildman–Crippen MR) is 71.9 cm³/mol. The summed E-state index contributed by atoms with van der Waals surface area (Å²) in [6.45, 7) is 4.24. The van der Waals surface area contributed by atoms with E-state index in [1.54, 1.807) is 12.3 Å². The van der Waals surface area contributed by atoms with E-state index in [1.165, 1.54) is 6.20 Å². The number of alkyl halides is 3. The molecule has 4 nitrogen and oxygen atoms in total. The predicted octanol–water partition coefficient (Wildman–Crippen LogP) is 2.74. The van der Waals surface area contributed by atoms with Gasteiger partial charge in [0.15, 0.2) is 0 Å². The molecule has 3 rings (SSSR count). The number of hydrogen-bond donors (Lipinski definition) is 0. The average molecular weight is 296 g/mol. The van der Waals surface area contributed by atoms with Crippen LogP contribution in [-0.4, -0.2) is 27.9 Å². The van der Waals surface area contributed by atoms with Crippen molar-refractivity contribution in [2.45, 2.75) is 19.6 Å². The fourth-order valence-electron chi connectivity index (χ4n) is 2.50. The minimum atomic E-state index is -4.40. The lowest BCUT2D eigenvalue weighted by molar-refractivity contribution is -0.141. The minimum absolute atomic E-state index is 0.409. The molecule has 1 aliphatic rings. The Balaban J connectivity index is 1.61. The summed E-state index contributed by atoms with van der Waals surface area (Å²) in [5.74, 6) is 0.409. The molecule has 0 aromatic carbocycles. The van der Waals surface area contributed by atoms with Crippen molar-refractivity contribution >= 4 is 5.69 Å². The summed E-state index contributed by atoms with van der Waals surface area (Å²) in [4.78, 5) is 5.30. The van der Waals surface area contributed by atoms with Crippen molar-refractivity contribution in [3.8, 4) is 0 Å². The highest BCUT2D eigenvalue weighted by Crippen LogP contribution is 2.32. The fraction of sp³-hybridized carbons (Fsp3) is 0.429. The average Bonchev–Trinajstić information content (AvgIpc) is 2.78. The monoisotopic (exact) mass is 296 g/mol. The Morgan fingerprint density at radius 2 is 2.10 bits per heavy atom. The maximum atomic E-state index is 12.6. The van der Waals surface area contributed by atoms with Crippen LogP contribution in [0.3, 0.4) is 0 Å². The number of hydrogen-bond acceptors (Lipinski definition) is 3. The van der Waals surface area contributed by atoms with E-state index in [0.29, 0.717) is 11.6 Å². The molecule has 0 spiro atoms. The van der Waals surface area contributed by atoms with E-state index in [4.69, 9.17) is 0 Å². The van der Waals surface area contributed by atoms with Gasteiger partial charge in [0.2, 0.25) is 0 Å². The molecule has 21 heavy (non-hydrogen) atoms. The normalized spacial score (nSPS) is 16.1. The van der Waals surface area contributed by atoms with Gasteiger partial charge >= 0.3 is 6.18 Å². The Morgan fingerprint density at radius 1 is 1.33 bits per heavy atom. The molecule has 1 aliphatic heterocycles. The van der Waals surface area contributed by atoms with Crippen LogP contribution >= 0.6 is 0 Å². The van der Waals surface area contributed by atoms with Crippen molar-refractivity contribution in [2.24, 2.45) is 5.92 Å². The Labute approximate surface area is 120 Å². The molecule has 2 aromatic rings. The Morgan fingerprint density at radius 3 is 2.71 bits per heavy atom. The van der Waals surface area contributed by atoms with Gasteiger partial charge in [-0.1, -0.05) is 0 Å². The molecule has 2 aromatic heterocycles. The molecule has 0 bridgehead atoms. The van der Waals surface area contributed by atoms with Crippen LogP contribution < -0.4 is 4.90 Å². The second-order valence-electron chi connectivity index (χ2n) is 5.41. The van der Waals surface area contributed by atoms with Gasteiger partial charge in [-0.2, -0.15) is 18.3 Å². The Kier molecular flexibility index (Phi) is 3.35. The van der Waals surface area contributed by atoms with E-state index in [9.17, 15) is 13.2 Å². The standard InChI is InChI=1S/C14H15F3N4/c1-10-5-19-21(6-10)9-11-7-20(8-11)12-2-3-18-13(4-12)14(15,16)17/h2-6,11H,7-9H2,1H3. The first-order valence-corrected chi connectivity index (χ1v) is 6.69. The second kappa shape index (κ2) is 5.05. The number of rotatable bonds is 3. The zero-order chi connectivity index (χ0) is 15.0. The molecule has 0 saturated carbocycles. The van der Waals surface area contributed by atoms with Crippen LogP contribution in [0.4, 0.5) is 18.9 Å². The van der Waals surface area contributed by atoms with Gasteiger partial charge in [-0.25, -0.2) is 0 Å². The van der Waals surface area contributed by atoms with E-state index in [1.807, 2.05) is 22.7 Å². The molecule has 1 saturated heterocycles. The van der Waals surface area contributed by atoms with E-state index in [2.05, 4.69) is 10.1 Å². The Bertz CT molecular complexity index is 629. The number of anilines is 1. The summed E-state index contributed by atoms with van der Waals surface area (Å²) in [6.07, 6.45) is 0.584. The second-order valence-corrected chi connectivity index (χ2v) is 5.41. The molecule has 0 radical (unpaired) electrons. The number of pyridine rings is 1. The zero-order valence-corrected chi connectivity index (χ0v) is 11.5. The van der Waals surface area contributed by atoms with Gasteiger partial charge in [0.1, 0.15) is 5.69 Å². The lowest BCUT2D eigenvalue weighted by Gasteiger charge is -2.41. The number of aryl methyl sites for hydroxylation is 1. The van der Waals surface area contributed by atoms with Crippen molar-refractivity contribution in [3.63, 3.8) is 0 Å². The lowest BCUT2D eigenvalue weighted by Crippen LogP contribution is -2.48. The SMILES string of the molecule is Cc1cnn(CC2CN(c3ccnc(C(F)(F)F)c3)C2)c1. The lowest BCUT2D eigenvalue weighted by atomic mass is 9.99. The minimum Gasteiger partial charge on any atom is -0.371 e. The van der Waals surface area contributed by atoms with E-state index < -0.39 is 11.9 Å². The molecule has 0 unspecified atom stereocenters. The quantitative estimate of drug-likeness (QED) is 0.873. The van der Waals surface area contributed by atoms with Gasteiger partial charge < -0.3 is 4.90 Å². The number of nitrogens with zero attached hydrogens (tertiary/aromatic N) is 4. The van der Waals surface area contributed by atoms with Crippen LogP contribution in [-0.2, 0) is 12.7 Å². The van der Waals surface area contributed by atoms with E-state index in [0.717, 1.165) is 31.3 Å². The van der Waals surface area contributed by atoms with E-state index in [-0.39, 0.29) is 0 Å². The molecule has 112 valence electrons. The number of aromatic nitrogens is 3. The van der Waals surface area contributed by atoms with Gasteiger partial charge in [-0.15, -0.1) is 0 Å². The third kappa shape index (κ3) is 3.01. The highest BCUT2D eigenvalue weighted by molar-refractivity contribution is 5.49. The van der Waals surface area contributed by atoms with E-state index >= 15 is 0 Å². The number of halogens is 3. The molecule has 7 heteroatoms. The summed E-state index contributed by atoms with van der Waals surface area (Å²) in [7, 11) is 0. The maximum absolute atomic E-state index is 12.6. The van der Waals surface area contributed by atoms with Gasteiger partial charge in [0.05, 0.1) is 6.20 Å². The first kappa shape index (κ1) is 13.9. The van der Waals surface area contributed by atoms with Crippen molar-refractivity contribution < 1.29 is 13.2 Å². The summed E-state index contributed by atoms with van der Waals surface area (Å²) >= 11 is 0. The van der Waals surface area contributed by atoms with Crippen molar-refractivity contribution in [2.75, 3.05) is 18.0 Å². The van der Waals surface area contributed by atoms with Crippen LogP contribution in [0.15, 0.2) is 30.7 Å². The summed E-state index contributed by atoms with van der Waals surface area (Å²) < 4.78 is 39.8. The van der Waals surface area contributed by atoms with Crippen molar-refractivity contribution in [1.82, 2.24) is 14.8 Å². The van der Waals surface area contributed by atoms with Crippen molar-refractivity contribution in [3.05, 3.63) is 42.0 Å². The fourth-order valence-corrected chi connectivity index (χ4v) is 2.50. The van der Waals surface area contributed by atoms with Crippen LogP contribution in [0.25, 0.3) is 0 Å². The largest absolute Gasteiger partial charge is 0.433 e. The molecule has 0 amide bonds. The maximum Gasteiger partial charge on any atom is 0.433 e. The van der Waals surface area contributed by atoms with Crippen LogP contribution in [0.1, 0.15) is 11.3 Å². The molecule has 0 N–H and O–H groups in total. The smallest absolute Gasteiger partial charge is 0.371 e. The molecule has 3 heterocycles. The molecule has 0 aliphatic carbocycles. The summed E-state index contributed by atoms with van der Waals surface area (Å²) in [5, 5.41) is 4.22. The van der Waals surface area contributed by atoms with Crippen LogP contribution in [0.2, 0.25) is 0 Å². The Hall–Kier alpha value is -2.05. The van der Waals surface area contributed by atoms with Gasteiger partial charge in [-0.05, 0) is 24.6 Å². The van der Waals surface area contributed by atoms with Crippen LogP contribution in [0, 0.1) is 12.8 Å². The zero-order valence-electron chi connectivity index (χ0n) is 11.5. The molecular weight excluding hydrogens is 281 g/mol. The van der Waals surface area contributed by atoms with Gasteiger partial charge in [-0.3, -0.25) is 9.67 Å².